The molecule has 1 atom stereocenters. The van der Waals surface area contributed by atoms with Gasteiger partial charge in [0.15, 0.2) is 14.1 Å². The number of hydrogen-bond donors (Lipinski definition) is 0. The van der Waals surface area contributed by atoms with Crippen molar-refractivity contribution in [1.29, 1.82) is 0 Å². The highest BCUT2D eigenvalue weighted by molar-refractivity contribution is 6.74. The minimum atomic E-state index is -1.93. The maximum absolute atomic E-state index is 12.6. The van der Waals surface area contributed by atoms with Crippen LogP contribution in [0.2, 0.25) is 18.1 Å². The molecule has 0 bridgehead atoms. The number of carbonyl (C=O) groups is 1. The fraction of sp³-hybridized carbons (Fsp3) is 0.696. The van der Waals surface area contributed by atoms with Gasteiger partial charge in [0.05, 0.1) is 6.61 Å². The normalized spacial score (nSPS) is 21.5. The maximum atomic E-state index is 12.6. The van der Waals surface area contributed by atoms with Crippen molar-refractivity contribution >= 4 is 14.1 Å². The third-order valence-corrected chi connectivity index (χ3v) is 10.3. The Morgan fingerprint density at radius 1 is 1.31 bits per heavy atom. The van der Waals surface area contributed by atoms with E-state index in [1.165, 1.54) is 0 Å². The van der Waals surface area contributed by atoms with E-state index in [0.717, 1.165) is 30.4 Å². The van der Waals surface area contributed by atoms with E-state index in [-0.39, 0.29) is 16.2 Å². The van der Waals surface area contributed by atoms with Crippen LogP contribution in [-0.4, -0.2) is 20.7 Å². The molecule has 0 aromatic carbocycles. The lowest BCUT2D eigenvalue weighted by atomic mass is 9.68. The van der Waals surface area contributed by atoms with Gasteiger partial charge in [0.2, 0.25) is 0 Å². The molecule has 3 heteroatoms. The molecule has 0 aliphatic heterocycles. The van der Waals surface area contributed by atoms with Gasteiger partial charge >= 0.3 is 0 Å². The van der Waals surface area contributed by atoms with E-state index in [1.54, 1.807) is 0 Å². The molecule has 0 heterocycles. The van der Waals surface area contributed by atoms with Crippen LogP contribution >= 0.6 is 0 Å². The first-order chi connectivity index (χ1) is 11.8. The molecule has 0 spiro atoms. The minimum absolute atomic E-state index is 0.108. The van der Waals surface area contributed by atoms with Crippen molar-refractivity contribution in [2.45, 2.75) is 85.4 Å². The summed E-state index contributed by atoms with van der Waals surface area (Å²) in [4.78, 5) is 12.6. The average Bonchev–Trinajstić information content (AvgIpc) is 2.51. The first-order valence-corrected chi connectivity index (χ1v) is 12.6. The van der Waals surface area contributed by atoms with Crippen molar-refractivity contribution < 1.29 is 9.22 Å². The van der Waals surface area contributed by atoms with Gasteiger partial charge in [-0.1, -0.05) is 47.5 Å². The highest BCUT2D eigenvalue weighted by atomic mass is 28.4. The van der Waals surface area contributed by atoms with Gasteiger partial charge in [-0.3, -0.25) is 4.79 Å². The van der Waals surface area contributed by atoms with Crippen molar-refractivity contribution in [2.75, 3.05) is 6.61 Å². The lowest BCUT2D eigenvalue weighted by Crippen LogP contribution is -2.42. The molecule has 0 radical (unpaired) electrons. The smallest absolute Gasteiger partial charge is 0.192 e. The molecule has 1 aliphatic carbocycles. The summed E-state index contributed by atoms with van der Waals surface area (Å²) in [7, 11) is -1.93. The van der Waals surface area contributed by atoms with Gasteiger partial charge in [0, 0.05) is 35.3 Å². The Hall–Kier alpha value is -1.29. The molecule has 144 valence electrons. The van der Waals surface area contributed by atoms with Gasteiger partial charge in [-0.05, 0) is 31.0 Å². The van der Waals surface area contributed by atoms with Crippen molar-refractivity contribution in [1.82, 2.24) is 0 Å². The van der Waals surface area contributed by atoms with Crippen LogP contribution in [0.3, 0.4) is 0 Å². The van der Waals surface area contributed by atoms with Gasteiger partial charge < -0.3 is 4.43 Å². The summed E-state index contributed by atoms with van der Waals surface area (Å²) >= 11 is 0. The Kier molecular flexibility index (Phi) is 7.52. The number of Topliss-reactive ketones (excluding diaryl/α,β-unsaturated/α-hetero) is 1. The number of ketones is 1. The van der Waals surface area contributed by atoms with E-state index >= 15 is 0 Å². The Bertz CT molecular complexity index is 659. The molecule has 1 unspecified atom stereocenters. The second-order valence-corrected chi connectivity index (χ2v) is 14.3. The van der Waals surface area contributed by atoms with Crippen LogP contribution in [0.25, 0.3) is 0 Å². The standard InChI is InChI=1S/C23H36O2Si/c1-10-20-19(17-25-26(8,9)22(4,5)6)21(24)14-16-23(20,7)15-12-11-13-18(2)3/h1,18H,12,14-17H2,2-9H3. The number of rotatable bonds is 5. The molecule has 1 aliphatic rings. The first kappa shape index (κ1) is 22.7. The van der Waals surface area contributed by atoms with Crippen molar-refractivity contribution in [3.05, 3.63) is 11.1 Å². The molecule has 0 fully saturated rings. The zero-order valence-electron chi connectivity index (χ0n) is 18.0. The summed E-state index contributed by atoms with van der Waals surface area (Å²) in [5.74, 6) is 9.85. The predicted molar refractivity (Wildman–Crippen MR) is 113 cm³/mol. The summed E-state index contributed by atoms with van der Waals surface area (Å²) in [6, 6.07) is 0. The van der Waals surface area contributed by atoms with Crippen LogP contribution in [-0.2, 0) is 9.22 Å². The van der Waals surface area contributed by atoms with Crippen molar-refractivity contribution in [3.8, 4) is 24.2 Å². The minimum Gasteiger partial charge on any atom is -0.412 e. The zero-order chi connectivity index (χ0) is 20.2. The van der Waals surface area contributed by atoms with Crippen molar-refractivity contribution in [2.24, 2.45) is 11.3 Å². The van der Waals surface area contributed by atoms with E-state index in [2.05, 4.69) is 72.4 Å². The van der Waals surface area contributed by atoms with Crippen LogP contribution in [0, 0.1) is 35.5 Å². The maximum Gasteiger partial charge on any atom is 0.192 e. The monoisotopic (exact) mass is 372 g/mol. The first-order valence-electron chi connectivity index (χ1n) is 9.70. The topological polar surface area (TPSA) is 26.3 Å². The van der Waals surface area contributed by atoms with Gasteiger partial charge in [-0.25, -0.2) is 0 Å². The molecule has 0 saturated heterocycles. The Labute approximate surface area is 162 Å². The Morgan fingerprint density at radius 2 is 1.92 bits per heavy atom. The summed E-state index contributed by atoms with van der Waals surface area (Å²) in [6.45, 7) is 17.7. The quantitative estimate of drug-likeness (QED) is 0.454. The summed E-state index contributed by atoms with van der Waals surface area (Å²) in [5, 5.41) is 0.108. The molecule has 0 N–H and O–H groups in total. The SMILES string of the molecule is C#CC1=C(CO[Si](C)(C)C(C)(C)C)C(=O)CCC1(C)CCC#CC(C)C. The summed E-state index contributed by atoms with van der Waals surface area (Å²) < 4.78 is 6.32. The van der Waals surface area contributed by atoms with Crippen LogP contribution in [0.4, 0.5) is 0 Å². The molecule has 0 amide bonds. The van der Waals surface area contributed by atoms with Crippen LogP contribution in [0.1, 0.15) is 67.2 Å². The van der Waals surface area contributed by atoms with Gasteiger partial charge in [0.25, 0.3) is 0 Å². The van der Waals surface area contributed by atoms with E-state index in [1.807, 2.05) is 0 Å². The largest absolute Gasteiger partial charge is 0.412 e. The lowest BCUT2D eigenvalue weighted by molar-refractivity contribution is -0.117. The van der Waals surface area contributed by atoms with E-state index < -0.39 is 8.32 Å². The molecule has 2 nitrogen and oxygen atoms in total. The Morgan fingerprint density at radius 3 is 2.42 bits per heavy atom. The second-order valence-electron chi connectivity index (χ2n) is 9.51. The molecular weight excluding hydrogens is 336 g/mol. The van der Waals surface area contributed by atoms with Crippen LogP contribution in [0.5, 0.6) is 0 Å². The number of carbonyl (C=O) groups excluding carboxylic acids is 1. The van der Waals surface area contributed by atoms with Crippen LogP contribution < -0.4 is 0 Å². The van der Waals surface area contributed by atoms with Gasteiger partial charge in [-0.15, -0.1) is 18.3 Å². The van der Waals surface area contributed by atoms with Gasteiger partial charge in [-0.2, -0.15) is 0 Å². The number of allylic oxidation sites excluding steroid dienone is 1. The van der Waals surface area contributed by atoms with Gasteiger partial charge in [0.1, 0.15) is 0 Å². The summed E-state index contributed by atoms with van der Waals surface area (Å²) in [5.41, 5.74) is 1.42. The third kappa shape index (κ3) is 5.60. The highest BCUT2D eigenvalue weighted by Gasteiger charge is 2.40. The lowest BCUT2D eigenvalue weighted by Gasteiger charge is -2.38. The highest BCUT2D eigenvalue weighted by Crippen LogP contribution is 2.43. The molecule has 1 rings (SSSR count). The predicted octanol–water partition coefficient (Wildman–Crippen LogP) is 5.75. The zero-order valence-corrected chi connectivity index (χ0v) is 19.0. The molecule has 0 aromatic rings. The third-order valence-electron chi connectivity index (χ3n) is 5.87. The van der Waals surface area contributed by atoms with Crippen LogP contribution in [0.15, 0.2) is 11.1 Å². The number of terminal acetylenes is 1. The molecular formula is C23H36O2Si. The molecule has 26 heavy (non-hydrogen) atoms. The van der Waals surface area contributed by atoms with E-state index in [4.69, 9.17) is 10.8 Å². The fourth-order valence-corrected chi connectivity index (χ4v) is 3.85. The Balaban J connectivity index is 3.06. The average molecular weight is 373 g/mol. The van der Waals surface area contributed by atoms with E-state index in [9.17, 15) is 4.79 Å². The molecule has 0 aromatic heterocycles. The van der Waals surface area contributed by atoms with E-state index in [0.29, 0.717) is 18.9 Å². The number of hydrogen-bond acceptors (Lipinski definition) is 2. The summed E-state index contributed by atoms with van der Waals surface area (Å²) in [6.07, 6.45) is 8.93. The fourth-order valence-electron chi connectivity index (χ4n) is 2.92. The second kappa shape index (κ2) is 8.60. The molecule has 0 saturated carbocycles. The van der Waals surface area contributed by atoms with Crippen molar-refractivity contribution in [3.63, 3.8) is 0 Å².